The number of rotatable bonds is 5. The van der Waals surface area contributed by atoms with Gasteiger partial charge < -0.3 is 14.8 Å². The summed E-state index contributed by atoms with van der Waals surface area (Å²) in [5.74, 6) is 0.937. The van der Waals surface area contributed by atoms with Gasteiger partial charge in [0.1, 0.15) is 17.3 Å². The highest BCUT2D eigenvalue weighted by Crippen LogP contribution is 2.36. The zero-order chi connectivity index (χ0) is 14.5. The van der Waals surface area contributed by atoms with Crippen LogP contribution in [0.2, 0.25) is 5.02 Å². The maximum absolute atomic E-state index is 12.8. The van der Waals surface area contributed by atoms with Crippen LogP contribution in [0.15, 0.2) is 36.4 Å². The Morgan fingerprint density at radius 3 is 2.30 bits per heavy atom. The molecule has 2 aromatic rings. The molecular weight excluding hydrogens is 281 g/mol. The third-order valence-corrected chi connectivity index (χ3v) is 3.17. The number of hydrogen-bond donors (Lipinski definition) is 1. The Hall–Kier alpha value is -1.94. The van der Waals surface area contributed by atoms with E-state index in [1.54, 1.807) is 38.5 Å². The Morgan fingerprint density at radius 1 is 1.05 bits per heavy atom. The molecule has 1 N–H and O–H groups in total. The van der Waals surface area contributed by atoms with E-state index in [0.29, 0.717) is 23.1 Å². The van der Waals surface area contributed by atoms with Crippen LogP contribution in [0.5, 0.6) is 11.5 Å². The molecule has 0 bridgehead atoms. The largest absolute Gasteiger partial charge is 0.495 e. The van der Waals surface area contributed by atoms with Gasteiger partial charge in [-0.05, 0) is 17.7 Å². The molecule has 2 aromatic carbocycles. The fourth-order valence-corrected chi connectivity index (χ4v) is 2.03. The summed E-state index contributed by atoms with van der Waals surface area (Å²) < 4.78 is 23.3. The van der Waals surface area contributed by atoms with Gasteiger partial charge in [-0.25, -0.2) is 4.39 Å². The summed E-state index contributed by atoms with van der Waals surface area (Å²) in [5, 5.41) is 3.70. The second kappa shape index (κ2) is 6.48. The molecule has 0 aliphatic rings. The van der Waals surface area contributed by atoms with Gasteiger partial charge >= 0.3 is 0 Å². The summed E-state index contributed by atoms with van der Waals surface area (Å²) in [7, 11) is 3.12. The molecule has 0 aromatic heterocycles. The van der Waals surface area contributed by atoms with Gasteiger partial charge in [-0.3, -0.25) is 0 Å². The minimum Gasteiger partial charge on any atom is -0.495 e. The van der Waals surface area contributed by atoms with E-state index in [2.05, 4.69) is 5.32 Å². The lowest BCUT2D eigenvalue weighted by Gasteiger charge is -2.14. The normalized spacial score (nSPS) is 10.2. The molecular formula is C15H15ClFNO2. The summed E-state index contributed by atoms with van der Waals surface area (Å²) in [5.41, 5.74) is 1.72. The quantitative estimate of drug-likeness (QED) is 0.900. The Balaban J connectivity index is 2.17. The van der Waals surface area contributed by atoms with E-state index in [0.717, 1.165) is 11.3 Å². The lowest BCUT2D eigenvalue weighted by atomic mass is 10.2. The van der Waals surface area contributed by atoms with E-state index in [1.807, 2.05) is 0 Å². The monoisotopic (exact) mass is 295 g/mol. The molecule has 20 heavy (non-hydrogen) atoms. The number of nitrogens with one attached hydrogen (secondary N) is 1. The summed E-state index contributed by atoms with van der Waals surface area (Å²) in [4.78, 5) is 0. The van der Waals surface area contributed by atoms with E-state index in [1.165, 1.54) is 12.1 Å². The Labute approximate surface area is 122 Å². The van der Waals surface area contributed by atoms with Gasteiger partial charge in [0.2, 0.25) is 0 Å². The van der Waals surface area contributed by atoms with Crippen molar-refractivity contribution in [2.75, 3.05) is 19.5 Å². The van der Waals surface area contributed by atoms with Crippen molar-refractivity contribution in [2.45, 2.75) is 6.54 Å². The predicted octanol–water partition coefficient (Wildman–Crippen LogP) is 4.11. The molecule has 0 saturated carbocycles. The molecule has 0 aliphatic heterocycles. The van der Waals surface area contributed by atoms with E-state index in [9.17, 15) is 4.39 Å². The zero-order valence-corrected chi connectivity index (χ0v) is 12.0. The third kappa shape index (κ3) is 3.33. The highest BCUT2D eigenvalue weighted by molar-refractivity contribution is 6.32. The molecule has 106 valence electrons. The van der Waals surface area contributed by atoms with Gasteiger partial charge in [-0.15, -0.1) is 0 Å². The van der Waals surface area contributed by atoms with Crippen molar-refractivity contribution in [2.24, 2.45) is 0 Å². The minimum atomic E-state index is -0.250. The maximum Gasteiger partial charge on any atom is 0.143 e. The number of halogens is 2. The zero-order valence-electron chi connectivity index (χ0n) is 11.2. The second-order valence-corrected chi connectivity index (χ2v) is 4.57. The molecule has 0 aliphatic carbocycles. The van der Waals surface area contributed by atoms with Crippen molar-refractivity contribution in [1.29, 1.82) is 0 Å². The van der Waals surface area contributed by atoms with Crippen molar-refractivity contribution in [3.63, 3.8) is 0 Å². The first-order chi connectivity index (χ1) is 9.63. The van der Waals surface area contributed by atoms with E-state index >= 15 is 0 Å². The maximum atomic E-state index is 12.8. The van der Waals surface area contributed by atoms with Crippen LogP contribution in [-0.4, -0.2) is 14.2 Å². The van der Waals surface area contributed by atoms with E-state index < -0.39 is 0 Å². The van der Waals surface area contributed by atoms with Crippen LogP contribution in [0, 0.1) is 5.82 Å². The van der Waals surface area contributed by atoms with Crippen LogP contribution in [-0.2, 0) is 6.54 Å². The molecule has 0 atom stereocenters. The number of anilines is 1. The lowest BCUT2D eigenvalue weighted by molar-refractivity contribution is 0.404. The fourth-order valence-electron chi connectivity index (χ4n) is 1.80. The first-order valence-electron chi connectivity index (χ1n) is 6.04. The molecule has 0 amide bonds. The molecule has 0 radical (unpaired) electrons. The van der Waals surface area contributed by atoms with Gasteiger partial charge in [0.05, 0.1) is 24.9 Å². The van der Waals surface area contributed by atoms with Gasteiger partial charge in [0.25, 0.3) is 0 Å². The summed E-state index contributed by atoms with van der Waals surface area (Å²) in [6.07, 6.45) is 0. The molecule has 0 heterocycles. The van der Waals surface area contributed by atoms with Crippen molar-refractivity contribution in [3.05, 3.63) is 52.8 Å². The van der Waals surface area contributed by atoms with Crippen LogP contribution in [0.25, 0.3) is 0 Å². The number of benzene rings is 2. The van der Waals surface area contributed by atoms with Crippen molar-refractivity contribution >= 4 is 17.3 Å². The first-order valence-corrected chi connectivity index (χ1v) is 6.41. The summed E-state index contributed by atoms with van der Waals surface area (Å²) in [6, 6.07) is 9.76. The molecule has 0 saturated heterocycles. The Kier molecular flexibility index (Phi) is 4.69. The minimum absolute atomic E-state index is 0.250. The lowest BCUT2D eigenvalue weighted by Crippen LogP contribution is -2.02. The van der Waals surface area contributed by atoms with Gasteiger partial charge in [-0.1, -0.05) is 23.7 Å². The summed E-state index contributed by atoms with van der Waals surface area (Å²) >= 11 is 6.04. The Bertz CT molecular complexity index is 587. The SMILES string of the molecule is COc1cc(NCc2ccc(F)cc2)c(OC)cc1Cl. The molecule has 0 spiro atoms. The fraction of sp³-hybridized carbons (Fsp3) is 0.200. The van der Waals surface area contributed by atoms with Crippen LogP contribution >= 0.6 is 11.6 Å². The van der Waals surface area contributed by atoms with Gasteiger partial charge in [-0.2, -0.15) is 0 Å². The van der Waals surface area contributed by atoms with Gasteiger partial charge in [0.15, 0.2) is 0 Å². The molecule has 3 nitrogen and oxygen atoms in total. The molecule has 0 unspecified atom stereocenters. The van der Waals surface area contributed by atoms with Crippen LogP contribution in [0.3, 0.4) is 0 Å². The van der Waals surface area contributed by atoms with Crippen LogP contribution in [0.4, 0.5) is 10.1 Å². The third-order valence-electron chi connectivity index (χ3n) is 2.87. The van der Waals surface area contributed by atoms with Crippen molar-refractivity contribution < 1.29 is 13.9 Å². The topological polar surface area (TPSA) is 30.5 Å². The number of methoxy groups -OCH3 is 2. The van der Waals surface area contributed by atoms with E-state index in [-0.39, 0.29) is 5.82 Å². The standard InChI is InChI=1S/C15H15ClFNO2/c1-19-14-8-13(15(20-2)7-12(14)16)18-9-10-3-5-11(17)6-4-10/h3-8,18H,9H2,1-2H3. The molecule has 2 rings (SSSR count). The van der Waals surface area contributed by atoms with Crippen LogP contribution in [0.1, 0.15) is 5.56 Å². The first kappa shape index (κ1) is 14.5. The van der Waals surface area contributed by atoms with Gasteiger partial charge in [0, 0.05) is 18.7 Å². The van der Waals surface area contributed by atoms with Crippen LogP contribution < -0.4 is 14.8 Å². The van der Waals surface area contributed by atoms with Crippen molar-refractivity contribution in [1.82, 2.24) is 0 Å². The van der Waals surface area contributed by atoms with E-state index in [4.69, 9.17) is 21.1 Å². The average Bonchev–Trinajstić information content (AvgIpc) is 2.47. The molecule has 5 heteroatoms. The second-order valence-electron chi connectivity index (χ2n) is 4.17. The summed E-state index contributed by atoms with van der Waals surface area (Å²) in [6.45, 7) is 0.543. The smallest absolute Gasteiger partial charge is 0.143 e. The highest BCUT2D eigenvalue weighted by Gasteiger charge is 2.09. The number of ether oxygens (including phenoxy) is 2. The average molecular weight is 296 g/mol. The predicted molar refractivity (Wildman–Crippen MR) is 78.3 cm³/mol. The Morgan fingerprint density at radius 2 is 1.70 bits per heavy atom. The number of hydrogen-bond acceptors (Lipinski definition) is 3. The molecule has 0 fully saturated rings. The van der Waals surface area contributed by atoms with Crippen molar-refractivity contribution in [3.8, 4) is 11.5 Å². The highest BCUT2D eigenvalue weighted by atomic mass is 35.5.